The Bertz CT molecular complexity index is 800. The molecule has 0 heterocycles. The van der Waals surface area contributed by atoms with Crippen molar-refractivity contribution in [2.24, 2.45) is 16.9 Å². The second-order valence-corrected chi connectivity index (χ2v) is 5.82. The molecule has 0 atom stereocenters. The molecule has 0 bridgehead atoms. The molecular formula is C23H54N4O5. The SMILES string of the molecule is C.C#CC#CC#CC#CC#CC.CC(C)(C)OC(=O)NCCOCCOCCN.NN=O.[HH].[HH].[HH].[HH].[HH].[HH].[HH].[HH].[HH].[HH]. The van der Waals surface area contributed by atoms with Crippen LogP contribution in [0.3, 0.4) is 0 Å². The summed E-state index contributed by atoms with van der Waals surface area (Å²) in [4.78, 5) is 19.5. The molecule has 0 aromatic heterocycles. The van der Waals surface area contributed by atoms with Crippen LogP contribution >= 0.6 is 0 Å². The second-order valence-electron chi connectivity index (χ2n) is 5.82. The fraction of sp³-hybridized carbons (Fsp3) is 0.522. The topological polar surface area (TPSA) is 138 Å². The maximum atomic E-state index is 11.2. The van der Waals surface area contributed by atoms with E-state index in [9.17, 15) is 4.79 Å². The highest BCUT2D eigenvalue weighted by molar-refractivity contribution is 5.67. The smallest absolute Gasteiger partial charge is 0.407 e. The van der Waals surface area contributed by atoms with Crippen molar-refractivity contribution in [2.75, 3.05) is 39.5 Å². The Balaban J connectivity index is -0.0000000237. The van der Waals surface area contributed by atoms with Gasteiger partial charge >= 0.3 is 6.09 Å². The summed E-state index contributed by atoms with van der Waals surface area (Å²) in [6.45, 7) is 10.1. The number of amides is 1. The molecule has 5 N–H and O–H groups in total. The quantitative estimate of drug-likeness (QED) is 0.162. The first-order valence-electron chi connectivity index (χ1n) is 9.01. The molecule has 0 aliphatic heterocycles. The summed E-state index contributed by atoms with van der Waals surface area (Å²) in [6.07, 6.45) is 4.41. The van der Waals surface area contributed by atoms with E-state index in [1.807, 2.05) is 20.8 Å². The summed E-state index contributed by atoms with van der Waals surface area (Å²) in [5, 5.41) is 4.34. The van der Waals surface area contributed by atoms with Gasteiger partial charge in [-0.3, -0.25) is 5.84 Å². The van der Waals surface area contributed by atoms with E-state index in [1.165, 1.54) is 0 Å². The number of nitroso groups, excluding NO2 is 1. The minimum atomic E-state index is -0.471. The first kappa shape index (κ1) is 35.8. The number of alkyl carbamates (subject to hydrolysis) is 1. The van der Waals surface area contributed by atoms with E-state index < -0.39 is 11.7 Å². The Morgan fingerprint density at radius 1 is 1.00 bits per heavy atom. The lowest BCUT2D eigenvalue weighted by molar-refractivity contribution is 0.0411. The van der Waals surface area contributed by atoms with Gasteiger partial charge in [-0.2, -0.15) is 0 Å². The molecule has 196 valence electrons. The number of hydrogen-bond acceptors (Lipinski definition) is 7. The molecule has 9 heteroatoms. The van der Waals surface area contributed by atoms with Crippen LogP contribution in [0, 0.1) is 64.6 Å². The maximum absolute atomic E-state index is 11.2. The van der Waals surface area contributed by atoms with Gasteiger partial charge in [0, 0.05) is 32.6 Å². The Morgan fingerprint density at radius 3 is 1.91 bits per heavy atom. The molecule has 0 aliphatic carbocycles. The average molecular weight is 467 g/mol. The highest BCUT2D eigenvalue weighted by atomic mass is 16.6. The molecule has 0 unspecified atom stereocenters. The van der Waals surface area contributed by atoms with Gasteiger partial charge in [0.05, 0.1) is 26.4 Å². The lowest BCUT2D eigenvalue weighted by Crippen LogP contribution is -2.34. The van der Waals surface area contributed by atoms with Crippen molar-refractivity contribution < 1.29 is 33.3 Å². The summed E-state index contributed by atoms with van der Waals surface area (Å²) < 4.78 is 15.4. The van der Waals surface area contributed by atoms with Crippen LogP contribution in [0.4, 0.5) is 4.79 Å². The number of terminal acetylenes is 1. The molecular weight excluding hydrogens is 412 g/mol. The largest absolute Gasteiger partial charge is 0.444 e. The van der Waals surface area contributed by atoms with Gasteiger partial charge in [0.1, 0.15) is 5.60 Å². The third kappa shape index (κ3) is 45.2. The second kappa shape index (κ2) is 29.6. The lowest BCUT2D eigenvalue weighted by Gasteiger charge is -2.19. The third-order valence-electron chi connectivity index (χ3n) is 2.12. The number of carbonyl (C=O) groups excluding carboxylic acids is 1. The van der Waals surface area contributed by atoms with Crippen molar-refractivity contribution in [3.8, 4) is 59.7 Å². The van der Waals surface area contributed by atoms with Crippen LogP contribution in [-0.4, -0.2) is 51.2 Å². The van der Waals surface area contributed by atoms with Crippen molar-refractivity contribution in [1.29, 1.82) is 0 Å². The minimum absolute atomic E-state index is 0. The zero-order valence-electron chi connectivity index (χ0n) is 18.5. The molecule has 1 amide bonds. The summed E-state index contributed by atoms with van der Waals surface area (Å²) in [5.41, 5.74) is 4.78. The number of carbonyl (C=O) groups is 1. The van der Waals surface area contributed by atoms with Crippen LogP contribution in [0.5, 0.6) is 0 Å². The van der Waals surface area contributed by atoms with Crippen molar-refractivity contribution >= 4 is 6.09 Å². The molecule has 0 radical (unpaired) electrons. The third-order valence-corrected chi connectivity index (χ3v) is 2.12. The van der Waals surface area contributed by atoms with Crippen molar-refractivity contribution in [1.82, 2.24) is 5.32 Å². The molecule has 0 saturated carbocycles. The van der Waals surface area contributed by atoms with Crippen LogP contribution < -0.4 is 16.9 Å². The van der Waals surface area contributed by atoms with E-state index in [2.05, 4.69) is 64.4 Å². The molecule has 0 spiro atoms. The van der Waals surface area contributed by atoms with Gasteiger partial charge in [0.25, 0.3) is 0 Å². The molecule has 0 aliphatic rings. The van der Waals surface area contributed by atoms with Crippen LogP contribution in [0.1, 0.15) is 49.4 Å². The van der Waals surface area contributed by atoms with Crippen molar-refractivity contribution in [2.45, 2.75) is 40.7 Å². The Labute approximate surface area is 207 Å². The standard InChI is InChI=1S/C11H24N2O4.C11H4.CH4.H2N2O.10H2/c1-11(2,3)17-10(14)13-5-7-16-9-8-15-6-4-12;1-3-5-7-9-11-10-8-6-4-2;;1-2-3;;;;;;;;;;/h4-9,12H2,1-3H3,(H,13,14);1H,2H3;1H4;(H2,1,3);10*1H. The van der Waals surface area contributed by atoms with E-state index >= 15 is 0 Å². The number of ether oxygens (including phenoxy) is 3. The van der Waals surface area contributed by atoms with Gasteiger partial charge in [-0.1, -0.05) is 13.3 Å². The normalized spacial score (nSPS) is 7.62. The van der Waals surface area contributed by atoms with Crippen LogP contribution in [0.2, 0.25) is 0 Å². The Kier molecular flexibility index (Phi) is 33.0. The zero-order valence-corrected chi connectivity index (χ0v) is 18.5. The van der Waals surface area contributed by atoms with Gasteiger partial charge in [-0.15, -0.1) is 11.3 Å². The predicted octanol–water partition coefficient (Wildman–Crippen LogP) is 3.88. The number of rotatable bonds is 8. The van der Waals surface area contributed by atoms with Crippen molar-refractivity contribution in [3.05, 3.63) is 4.91 Å². The molecule has 0 aromatic rings. The van der Waals surface area contributed by atoms with Gasteiger partial charge in [0.2, 0.25) is 0 Å². The summed E-state index contributed by atoms with van der Waals surface area (Å²) in [6, 6.07) is 0. The monoisotopic (exact) mass is 466 g/mol. The summed E-state index contributed by atoms with van der Waals surface area (Å²) in [7, 11) is 0. The highest BCUT2D eigenvalue weighted by Crippen LogP contribution is 2.05. The van der Waals surface area contributed by atoms with E-state index in [0.717, 1.165) is 0 Å². The number of nitrogens with one attached hydrogen (secondary N) is 1. The lowest BCUT2D eigenvalue weighted by atomic mass is 10.2. The average Bonchev–Trinajstić information content (AvgIpc) is 2.69. The Morgan fingerprint density at radius 2 is 1.47 bits per heavy atom. The van der Waals surface area contributed by atoms with Crippen LogP contribution in [-0.2, 0) is 14.2 Å². The fourth-order valence-electron chi connectivity index (χ4n) is 1.20. The van der Waals surface area contributed by atoms with Gasteiger partial charge < -0.3 is 25.3 Å². The molecule has 0 aromatic carbocycles. The maximum Gasteiger partial charge on any atom is 0.407 e. The Hall–Kier alpha value is -3.65. The summed E-state index contributed by atoms with van der Waals surface area (Å²) in [5.74, 6) is 25.9. The number of nitrogens with zero attached hydrogens (tertiary/aromatic N) is 1. The first-order chi connectivity index (χ1) is 14.8. The van der Waals surface area contributed by atoms with Crippen molar-refractivity contribution in [3.63, 3.8) is 0 Å². The van der Waals surface area contributed by atoms with Crippen LogP contribution in [0.15, 0.2) is 5.29 Å². The van der Waals surface area contributed by atoms with E-state index in [0.29, 0.717) is 39.5 Å². The number of hydrogen-bond donors (Lipinski definition) is 3. The molecule has 0 saturated heterocycles. The van der Waals surface area contributed by atoms with Crippen LogP contribution in [0.25, 0.3) is 0 Å². The fourth-order valence-corrected chi connectivity index (χ4v) is 1.20. The first-order valence-corrected chi connectivity index (χ1v) is 9.01. The van der Waals surface area contributed by atoms with Gasteiger partial charge in [-0.25, -0.2) is 4.79 Å². The number of nitrogens with two attached hydrogens (primary N) is 2. The molecule has 9 nitrogen and oxygen atoms in total. The highest BCUT2D eigenvalue weighted by Gasteiger charge is 2.15. The predicted molar refractivity (Wildman–Crippen MR) is 148 cm³/mol. The zero-order chi connectivity index (χ0) is 24.2. The minimum Gasteiger partial charge on any atom is -0.444 e. The molecule has 0 fully saturated rings. The van der Waals surface area contributed by atoms with E-state index in [-0.39, 0.29) is 21.7 Å². The molecule has 32 heavy (non-hydrogen) atoms. The van der Waals surface area contributed by atoms with Gasteiger partial charge in [-0.05, 0) is 75.1 Å². The van der Waals surface area contributed by atoms with E-state index in [4.69, 9.17) is 31.3 Å². The van der Waals surface area contributed by atoms with Gasteiger partial charge in [0.15, 0.2) is 0 Å². The van der Waals surface area contributed by atoms with E-state index in [1.54, 1.807) is 12.2 Å². The molecule has 0 rings (SSSR count). The summed E-state index contributed by atoms with van der Waals surface area (Å²) >= 11 is 0.